The molecule has 0 bridgehead atoms. The Balaban J connectivity index is 0.000000640. The van der Waals surface area contributed by atoms with Gasteiger partial charge in [0.2, 0.25) is 0 Å². The van der Waals surface area contributed by atoms with Gasteiger partial charge in [0.1, 0.15) is 0 Å². The van der Waals surface area contributed by atoms with Crippen LogP contribution in [0, 0.1) is 0 Å². The molecule has 2 nitrogen and oxygen atoms in total. The van der Waals surface area contributed by atoms with Gasteiger partial charge in [0.15, 0.2) is 0 Å². The Morgan fingerprint density at radius 2 is 1.22 bits per heavy atom. The summed E-state index contributed by atoms with van der Waals surface area (Å²) in [5, 5.41) is 0. The van der Waals surface area contributed by atoms with Crippen LogP contribution < -0.4 is 11.5 Å². The summed E-state index contributed by atoms with van der Waals surface area (Å²) in [5.74, 6) is 0. The second-order valence-electron chi connectivity index (χ2n) is 2.61. The van der Waals surface area contributed by atoms with Crippen LogP contribution in [-0.4, -0.2) is 12.1 Å². The first-order chi connectivity index (χ1) is 3.80. The van der Waals surface area contributed by atoms with E-state index in [-0.39, 0.29) is 33.1 Å². The van der Waals surface area contributed by atoms with Gasteiger partial charge < -0.3 is 11.5 Å². The summed E-state index contributed by atoms with van der Waals surface area (Å²) in [7, 11) is 0. The third-order valence-corrected chi connectivity index (χ3v) is 1.87. The van der Waals surface area contributed by atoms with Crippen LogP contribution in [0.1, 0.15) is 25.7 Å². The summed E-state index contributed by atoms with van der Waals surface area (Å²) >= 11 is 0. The van der Waals surface area contributed by atoms with Crippen LogP contribution in [0.15, 0.2) is 0 Å². The Labute approximate surface area is 70.6 Å². The summed E-state index contributed by atoms with van der Waals surface area (Å²) < 4.78 is 0. The summed E-state index contributed by atoms with van der Waals surface area (Å²) in [6.07, 6.45) is 4.80. The summed E-state index contributed by atoms with van der Waals surface area (Å²) in [6.45, 7) is 0. The summed E-state index contributed by atoms with van der Waals surface area (Å²) in [5.41, 5.74) is 11.3. The van der Waals surface area contributed by atoms with Gasteiger partial charge in [0, 0.05) is 33.1 Å². The molecule has 0 spiro atoms. The van der Waals surface area contributed by atoms with Crippen LogP contribution in [0.5, 0.6) is 0 Å². The molecule has 3 heteroatoms. The number of nitrogens with two attached hydrogens (primary N) is 2. The van der Waals surface area contributed by atoms with Crippen LogP contribution in [-0.2, 0) is 21.1 Å². The minimum absolute atomic E-state index is 0. The van der Waals surface area contributed by atoms with Crippen molar-refractivity contribution in [3.8, 4) is 0 Å². The predicted octanol–water partition coefficient (Wildman–Crippen LogP) is 0.213. The van der Waals surface area contributed by atoms with E-state index in [4.69, 9.17) is 11.5 Å². The van der Waals surface area contributed by atoms with Gasteiger partial charge in [-0.15, -0.1) is 0 Å². The maximum Gasteiger partial charge on any atom is 0.0192 e. The van der Waals surface area contributed by atoms with E-state index in [2.05, 4.69) is 0 Å². The molecule has 4 N–H and O–H groups in total. The molecule has 9 heavy (non-hydrogen) atoms. The molecule has 1 aliphatic rings. The Kier molecular flexibility index (Phi) is 4.73. The molecule has 2 unspecified atom stereocenters. The second kappa shape index (κ2) is 4.43. The van der Waals surface area contributed by atoms with Gasteiger partial charge in [0.25, 0.3) is 0 Å². The molecule has 0 radical (unpaired) electrons. The van der Waals surface area contributed by atoms with Gasteiger partial charge in [-0.3, -0.25) is 0 Å². The molecule has 0 aromatic heterocycles. The van der Waals surface area contributed by atoms with E-state index in [1.165, 1.54) is 12.8 Å². The van der Waals surface area contributed by atoms with Crippen LogP contribution >= 0.6 is 0 Å². The maximum absolute atomic E-state index is 5.65. The first-order valence-electron chi connectivity index (χ1n) is 3.32. The monoisotopic (exact) mass is 309 g/mol. The number of rotatable bonds is 0. The van der Waals surface area contributed by atoms with E-state index in [0.29, 0.717) is 0 Å². The predicted molar refractivity (Wildman–Crippen MR) is 34.4 cm³/mol. The molecular weight excluding hydrogens is 295 g/mol. The van der Waals surface area contributed by atoms with Crippen molar-refractivity contribution in [3.05, 3.63) is 0 Å². The van der Waals surface area contributed by atoms with Gasteiger partial charge >= 0.3 is 0 Å². The molecule has 1 saturated carbocycles. The topological polar surface area (TPSA) is 52.0 Å². The fraction of sp³-hybridized carbons (Fsp3) is 1.00. The Morgan fingerprint density at radius 3 is 1.44 bits per heavy atom. The number of hydrogen-bond donors (Lipinski definition) is 2. The third-order valence-electron chi connectivity index (χ3n) is 1.87. The minimum Gasteiger partial charge on any atom is -0.326 e. The summed E-state index contributed by atoms with van der Waals surface area (Å²) in [4.78, 5) is 0. The van der Waals surface area contributed by atoms with Gasteiger partial charge in [-0.25, -0.2) is 0 Å². The normalized spacial score (nSPS) is 35.3. The standard InChI is InChI=1S/C6H14N2.Pt/c7-5-3-1-2-4-6(5)8;/h5-6H,1-4,7-8H2;. The zero-order valence-electron chi connectivity index (χ0n) is 5.45. The van der Waals surface area contributed by atoms with Crippen molar-refractivity contribution in [3.63, 3.8) is 0 Å². The average molecular weight is 309 g/mol. The van der Waals surface area contributed by atoms with E-state index < -0.39 is 0 Å². The van der Waals surface area contributed by atoms with Crippen molar-refractivity contribution in [2.24, 2.45) is 11.5 Å². The fourth-order valence-corrected chi connectivity index (χ4v) is 1.19. The first-order valence-corrected chi connectivity index (χ1v) is 3.32. The molecular formula is C6H14N2Pt. The molecule has 0 amide bonds. The fourth-order valence-electron chi connectivity index (χ4n) is 1.19. The van der Waals surface area contributed by atoms with Gasteiger partial charge in [-0.2, -0.15) is 0 Å². The van der Waals surface area contributed by atoms with Crippen molar-refractivity contribution in [1.29, 1.82) is 0 Å². The van der Waals surface area contributed by atoms with Crippen molar-refractivity contribution in [2.75, 3.05) is 0 Å². The van der Waals surface area contributed by atoms with Crippen molar-refractivity contribution >= 4 is 0 Å². The molecule has 0 aromatic carbocycles. The average Bonchev–Trinajstić information content (AvgIpc) is 1.77. The first kappa shape index (κ1) is 9.61. The van der Waals surface area contributed by atoms with Crippen LogP contribution in [0.3, 0.4) is 0 Å². The largest absolute Gasteiger partial charge is 0.326 e. The molecule has 0 aromatic rings. The third kappa shape index (κ3) is 2.79. The van der Waals surface area contributed by atoms with Crippen LogP contribution in [0.2, 0.25) is 0 Å². The minimum atomic E-state index is 0. The smallest absolute Gasteiger partial charge is 0.0192 e. The molecule has 58 valence electrons. The van der Waals surface area contributed by atoms with Crippen LogP contribution in [0.25, 0.3) is 0 Å². The molecule has 1 fully saturated rings. The quantitative estimate of drug-likeness (QED) is 0.672. The van der Waals surface area contributed by atoms with Crippen molar-refractivity contribution in [1.82, 2.24) is 0 Å². The van der Waals surface area contributed by atoms with E-state index in [0.717, 1.165) is 12.8 Å². The van der Waals surface area contributed by atoms with E-state index in [1.807, 2.05) is 0 Å². The Bertz CT molecular complexity index is 67.5. The SMILES string of the molecule is NC1CCCCC1N.[Pt]. The van der Waals surface area contributed by atoms with E-state index in [9.17, 15) is 0 Å². The molecule has 1 rings (SSSR count). The van der Waals surface area contributed by atoms with Gasteiger partial charge in [-0.05, 0) is 12.8 Å². The van der Waals surface area contributed by atoms with Crippen molar-refractivity contribution in [2.45, 2.75) is 37.8 Å². The molecule has 2 atom stereocenters. The molecule has 0 aliphatic heterocycles. The zero-order valence-corrected chi connectivity index (χ0v) is 7.73. The second-order valence-corrected chi connectivity index (χ2v) is 2.61. The number of hydrogen-bond acceptors (Lipinski definition) is 2. The maximum atomic E-state index is 5.65. The van der Waals surface area contributed by atoms with Crippen LogP contribution in [0.4, 0.5) is 0 Å². The Hall–Kier alpha value is 0.608. The Morgan fingerprint density at radius 1 is 0.889 bits per heavy atom. The van der Waals surface area contributed by atoms with E-state index in [1.54, 1.807) is 0 Å². The summed E-state index contributed by atoms with van der Waals surface area (Å²) in [6, 6.07) is 0.562. The molecule has 0 saturated heterocycles. The van der Waals surface area contributed by atoms with Gasteiger partial charge in [0.05, 0.1) is 0 Å². The van der Waals surface area contributed by atoms with Gasteiger partial charge in [-0.1, -0.05) is 12.8 Å². The van der Waals surface area contributed by atoms with E-state index >= 15 is 0 Å². The molecule has 1 aliphatic carbocycles. The molecule has 0 heterocycles. The zero-order chi connectivity index (χ0) is 5.98. The van der Waals surface area contributed by atoms with Crippen molar-refractivity contribution < 1.29 is 21.1 Å².